The molecule has 2 aliphatic carbocycles. The zero-order valence-electron chi connectivity index (χ0n) is 14.3. The summed E-state index contributed by atoms with van der Waals surface area (Å²) in [6.45, 7) is 2.94. The lowest BCUT2D eigenvalue weighted by Crippen LogP contribution is -2.40. The first-order valence-electron chi connectivity index (χ1n) is 9.33. The summed E-state index contributed by atoms with van der Waals surface area (Å²) in [5, 5.41) is 3.20. The second kappa shape index (κ2) is 6.23. The van der Waals surface area contributed by atoms with Gasteiger partial charge in [-0.3, -0.25) is 9.59 Å². The fraction of sp³-hybridized carbons (Fsp3) is 0.600. The molecule has 1 aromatic carbocycles. The number of hydrogen-bond acceptors (Lipinski definition) is 2. The summed E-state index contributed by atoms with van der Waals surface area (Å²) in [6, 6.07) is 7.70. The van der Waals surface area contributed by atoms with Gasteiger partial charge in [-0.05, 0) is 74.6 Å². The van der Waals surface area contributed by atoms with Crippen LogP contribution < -0.4 is 10.2 Å². The summed E-state index contributed by atoms with van der Waals surface area (Å²) in [5.74, 6) is 2.54. The zero-order valence-corrected chi connectivity index (χ0v) is 14.3. The highest BCUT2D eigenvalue weighted by Crippen LogP contribution is 2.49. The lowest BCUT2D eigenvalue weighted by Gasteiger charge is -2.28. The Morgan fingerprint density at radius 3 is 2.58 bits per heavy atom. The van der Waals surface area contributed by atoms with E-state index in [-0.39, 0.29) is 17.9 Å². The highest BCUT2D eigenvalue weighted by molar-refractivity contribution is 5.97. The minimum absolute atomic E-state index is 0.00423. The van der Waals surface area contributed by atoms with Crippen LogP contribution in [0.25, 0.3) is 0 Å². The highest BCUT2D eigenvalue weighted by atomic mass is 16.2. The van der Waals surface area contributed by atoms with Crippen LogP contribution in [-0.2, 0) is 4.79 Å². The van der Waals surface area contributed by atoms with Gasteiger partial charge in [0.1, 0.15) is 0 Å². The molecule has 1 saturated heterocycles. The van der Waals surface area contributed by atoms with Crippen LogP contribution in [0.4, 0.5) is 5.69 Å². The summed E-state index contributed by atoms with van der Waals surface area (Å²) in [4.78, 5) is 26.1. The number of amides is 2. The quantitative estimate of drug-likeness (QED) is 0.922. The summed E-state index contributed by atoms with van der Waals surface area (Å²) >= 11 is 0. The molecule has 2 bridgehead atoms. The van der Waals surface area contributed by atoms with Crippen molar-refractivity contribution in [2.24, 2.45) is 17.8 Å². The average molecular weight is 326 g/mol. The van der Waals surface area contributed by atoms with Gasteiger partial charge in [0.05, 0.1) is 0 Å². The van der Waals surface area contributed by atoms with E-state index in [0.717, 1.165) is 30.5 Å². The van der Waals surface area contributed by atoms with Crippen LogP contribution in [0, 0.1) is 17.8 Å². The topological polar surface area (TPSA) is 49.4 Å². The van der Waals surface area contributed by atoms with Gasteiger partial charge >= 0.3 is 0 Å². The van der Waals surface area contributed by atoms with E-state index >= 15 is 0 Å². The van der Waals surface area contributed by atoms with Gasteiger partial charge in [0, 0.05) is 30.3 Å². The van der Waals surface area contributed by atoms with Crippen LogP contribution in [0.2, 0.25) is 0 Å². The van der Waals surface area contributed by atoms with Crippen molar-refractivity contribution in [1.29, 1.82) is 0 Å². The number of rotatable bonds is 4. The third kappa shape index (κ3) is 2.83. The van der Waals surface area contributed by atoms with Gasteiger partial charge < -0.3 is 10.2 Å². The van der Waals surface area contributed by atoms with Gasteiger partial charge in [0.15, 0.2) is 0 Å². The van der Waals surface area contributed by atoms with Crippen LogP contribution in [-0.4, -0.2) is 24.4 Å². The standard InChI is InChI=1S/C20H26N2O2/c1-13(18-12-14-4-5-16(18)11-14)21-20(24)15-6-8-17(9-7-15)22-10-2-3-19(22)23/h6-9,13-14,16,18H,2-5,10-12H2,1H3,(H,21,24). The third-order valence-corrected chi connectivity index (χ3v) is 6.31. The summed E-state index contributed by atoms with van der Waals surface area (Å²) < 4.78 is 0. The molecular weight excluding hydrogens is 300 g/mol. The molecule has 4 nitrogen and oxygen atoms in total. The second-order valence-corrected chi connectivity index (χ2v) is 7.80. The van der Waals surface area contributed by atoms with Gasteiger partial charge in [-0.1, -0.05) is 6.42 Å². The molecule has 128 valence electrons. The van der Waals surface area contributed by atoms with Crippen molar-refractivity contribution in [1.82, 2.24) is 5.32 Å². The molecule has 1 aromatic rings. The minimum atomic E-state index is 0.00423. The molecule has 4 unspecified atom stereocenters. The Hall–Kier alpha value is -1.84. The fourth-order valence-corrected chi connectivity index (χ4v) is 5.02. The van der Waals surface area contributed by atoms with E-state index in [1.54, 1.807) is 4.90 Å². The fourth-order valence-electron chi connectivity index (χ4n) is 5.02. The van der Waals surface area contributed by atoms with E-state index in [1.807, 2.05) is 24.3 Å². The number of hydrogen-bond donors (Lipinski definition) is 1. The monoisotopic (exact) mass is 326 g/mol. The van der Waals surface area contributed by atoms with Gasteiger partial charge in [0.2, 0.25) is 5.91 Å². The maximum Gasteiger partial charge on any atom is 0.251 e. The molecule has 2 saturated carbocycles. The molecule has 1 aliphatic heterocycles. The van der Waals surface area contributed by atoms with Gasteiger partial charge in [0.25, 0.3) is 5.91 Å². The van der Waals surface area contributed by atoms with Crippen molar-refractivity contribution in [2.75, 3.05) is 11.4 Å². The molecule has 24 heavy (non-hydrogen) atoms. The molecule has 3 aliphatic rings. The Morgan fingerprint density at radius 2 is 2.00 bits per heavy atom. The van der Waals surface area contributed by atoms with Crippen molar-refractivity contribution in [3.63, 3.8) is 0 Å². The average Bonchev–Trinajstić information content (AvgIpc) is 3.31. The van der Waals surface area contributed by atoms with Crippen molar-refractivity contribution in [2.45, 2.75) is 51.5 Å². The van der Waals surface area contributed by atoms with Crippen molar-refractivity contribution >= 4 is 17.5 Å². The summed E-state index contributed by atoms with van der Waals surface area (Å²) in [6.07, 6.45) is 6.92. The van der Waals surface area contributed by atoms with Crippen molar-refractivity contribution in [3.05, 3.63) is 29.8 Å². The van der Waals surface area contributed by atoms with Crippen LogP contribution in [0.1, 0.15) is 55.8 Å². The molecule has 4 atom stereocenters. The lowest BCUT2D eigenvalue weighted by molar-refractivity contribution is -0.117. The highest BCUT2D eigenvalue weighted by Gasteiger charge is 2.42. The first-order chi connectivity index (χ1) is 11.6. The summed E-state index contributed by atoms with van der Waals surface area (Å²) in [7, 11) is 0. The van der Waals surface area contributed by atoms with Crippen molar-refractivity contribution in [3.8, 4) is 0 Å². The Labute approximate surface area is 143 Å². The number of nitrogens with zero attached hydrogens (tertiary/aromatic N) is 1. The van der Waals surface area contributed by atoms with E-state index in [4.69, 9.17) is 0 Å². The number of nitrogens with one attached hydrogen (secondary N) is 1. The predicted molar refractivity (Wildman–Crippen MR) is 93.9 cm³/mol. The smallest absolute Gasteiger partial charge is 0.251 e. The molecule has 0 aromatic heterocycles. The van der Waals surface area contributed by atoms with E-state index in [1.165, 1.54) is 25.7 Å². The van der Waals surface area contributed by atoms with Crippen LogP contribution in [0.15, 0.2) is 24.3 Å². The normalized spacial score (nSPS) is 30.0. The minimum Gasteiger partial charge on any atom is -0.349 e. The molecule has 2 amide bonds. The predicted octanol–water partition coefficient (Wildman–Crippen LogP) is 3.37. The van der Waals surface area contributed by atoms with Gasteiger partial charge in [-0.25, -0.2) is 0 Å². The van der Waals surface area contributed by atoms with E-state index in [2.05, 4.69) is 12.2 Å². The number of carbonyl (C=O) groups excluding carboxylic acids is 2. The Morgan fingerprint density at radius 1 is 1.21 bits per heavy atom. The molecule has 1 heterocycles. The number of benzene rings is 1. The Balaban J connectivity index is 1.38. The first-order valence-corrected chi connectivity index (χ1v) is 9.33. The van der Waals surface area contributed by atoms with Crippen LogP contribution in [0.5, 0.6) is 0 Å². The lowest BCUT2D eigenvalue weighted by atomic mass is 9.84. The van der Waals surface area contributed by atoms with Crippen LogP contribution >= 0.6 is 0 Å². The molecule has 4 heteroatoms. The summed E-state index contributed by atoms with van der Waals surface area (Å²) in [5.41, 5.74) is 1.58. The third-order valence-electron chi connectivity index (χ3n) is 6.31. The number of fused-ring (bicyclic) bond motifs is 2. The number of carbonyl (C=O) groups is 2. The van der Waals surface area contributed by atoms with E-state index in [9.17, 15) is 9.59 Å². The molecular formula is C20H26N2O2. The van der Waals surface area contributed by atoms with Crippen molar-refractivity contribution < 1.29 is 9.59 Å². The largest absolute Gasteiger partial charge is 0.349 e. The van der Waals surface area contributed by atoms with E-state index in [0.29, 0.717) is 17.9 Å². The second-order valence-electron chi connectivity index (χ2n) is 7.80. The van der Waals surface area contributed by atoms with E-state index < -0.39 is 0 Å². The van der Waals surface area contributed by atoms with Gasteiger partial charge in [-0.2, -0.15) is 0 Å². The number of anilines is 1. The van der Waals surface area contributed by atoms with Crippen LogP contribution in [0.3, 0.4) is 0 Å². The SMILES string of the molecule is CC(NC(=O)c1ccc(N2CCCC2=O)cc1)C1CC2CCC1C2. The molecule has 3 fully saturated rings. The molecule has 0 radical (unpaired) electrons. The van der Waals surface area contributed by atoms with Gasteiger partial charge in [-0.15, -0.1) is 0 Å². The Kier molecular flexibility index (Phi) is 4.07. The maximum absolute atomic E-state index is 12.5. The maximum atomic E-state index is 12.5. The Bertz CT molecular complexity index is 640. The molecule has 0 spiro atoms. The molecule has 4 rings (SSSR count). The zero-order chi connectivity index (χ0) is 16.7. The molecule has 1 N–H and O–H groups in total. The first kappa shape index (κ1) is 15.7.